The lowest BCUT2D eigenvalue weighted by Gasteiger charge is -2.17. The zero-order valence-corrected chi connectivity index (χ0v) is 12.6. The van der Waals surface area contributed by atoms with Crippen molar-refractivity contribution in [1.29, 1.82) is 0 Å². The molecule has 1 aromatic rings. The first-order valence-corrected chi connectivity index (χ1v) is 8.07. The monoisotopic (exact) mass is 290 g/mol. The summed E-state index contributed by atoms with van der Waals surface area (Å²) in [5, 5.41) is 3.56. The van der Waals surface area contributed by atoms with E-state index in [4.69, 9.17) is 10.5 Å². The molecule has 4 rings (SSSR count). The molecule has 0 amide bonds. The molecule has 3 N–H and O–H groups in total. The first kappa shape index (κ1) is 13.2. The minimum atomic E-state index is -0.386. The van der Waals surface area contributed by atoms with Crippen LogP contribution in [0, 0.1) is 29.5 Å². The van der Waals surface area contributed by atoms with Crippen LogP contribution in [0.25, 0.3) is 0 Å². The van der Waals surface area contributed by atoms with Crippen molar-refractivity contribution in [2.24, 2.45) is 23.7 Å². The van der Waals surface area contributed by atoms with Crippen molar-refractivity contribution in [2.45, 2.75) is 45.3 Å². The Kier molecular flexibility index (Phi) is 2.85. The number of nitrogens with two attached hydrogens (primary N) is 1. The molecule has 4 unspecified atom stereocenters. The lowest BCUT2D eigenvalue weighted by Crippen LogP contribution is -2.15. The second kappa shape index (κ2) is 4.52. The van der Waals surface area contributed by atoms with E-state index >= 15 is 0 Å². The van der Waals surface area contributed by atoms with Crippen molar-refractivity contribution < 1.29 is 9.13 Å². The predicted molar refractivity (Wildman–Crippen MR) is 81.8 cm³/mol. The number of ether oxygens (including phenoxy) is 1. The van der Waals surface area contributed by atoms with Crippen LogP contribution in [0.4, 0.5) is 15.8 Å². The van der Waals surface area contributed by atoms with Crippen LogP contribution in [0.5, 0.6) is 5.75 Å². The molecule has 0 spiro atoms. The fraction of sp³-hybridized carbons (Fsp3) is 0.647. The summed E-state index contributed by atoms with van der Waals surface area (Å²) in [6.45, 7) is 3.79. The molecule has 114 valence electrons. The van der Waals surface area contributed by atoms with E-state index in [9.17, 15) is 4.39 Å². The highest BCUT2D eigenvalue weighted by molar-refractivity contribution is 5.69. The summed E-state index contributed by atoms with van der Waals surface area (Å²) in [5.41, 5.74) is 7.27. The van der Waals surface area contributed by atoms with Crippen LogP contribution >= 0.6 is 0 Å². The predicted octanol–water partition coefficient (Wildman–Crippen LogP) is 3.65. The number of nitrogen functional groups attached to an aromatic ring is 1. The van der Waals surface area contributed by atoms with Gasteiger partial charge in [0.25, 0.3) is 0 Å². The van der Waals surface area contributed by atoms with Crippen LogP contribution in [0.1, 0.15) is 33.1 Å². The zero-order valence-electron chi connectivity index (χ0n) is 12.6. The molecule has 3 aliphatic rings. The fourth-order valence-electron chi connectivity index (χ4n) is 4.74. The normalized spacial score (nSPS) is 35.9. The third kappa shape index (κ3) is 2.07. The molecule has 0 aliphatic heterocycles. The largest absolute Gasteiger partial charge is 0.488 e. The van der Waals surface area contributed by atoms with E-state index in [0.29, 0.717) is 11.7 Å². The molecule has 3 aliphatic carbocycles. The Morgan fingerprint density at radius 3 is 2.52 bits per heavy atom. The number of benzene rings is 1. The maximum absolute atomic E-state index is 13.9. The fourth-order valence-corrected chi connectivity index (χ4v) is 4.74. The van der Waals surface area contributed by atoms with Crippen LogP contribution in [0.2, 0.25) is 0 Å². The Morgan fingerprint density at radius 1 is 1.24 bits per heavy atom. The van der Waals surface area contributed by atoms with E-state index < -0.39 is 0 Å². The standard InChI is InChI=1S/C17H23FN2O/c1-8(2)21-14-7-13(12(19)6-11(14)18)20-17-15-9-3-4-10(5-9)16(15)17/h6-10,15-17,20H,3-5,19H2,1-2H3. The molecular formula is C17H23FN2O. The van der Waals surface area contributed by atoms with Gasteiger partial charge in [-0.25, -0.2) is 4.39 Å². The maximum Gasteiger partial charge on any atom is 0.167 e. The Bertz CT molecular complexity index is 558. The van der Waals surface area contributed by atoms with Crippen molar-refractivity contribution in [3.8, 4) is 5.75 Å². The zero-order chi connectivity index (χ0) is 14.7. The molecule has 1 aromatic carbocycles. The van der Waals surface area contributed by atoms with Crippen LogP contribution < -0.4 is 15.8 Å². The summed E-state index contributed by atoms with van der Waals surface area (Å²) in [7, 11) is 0. The minimum absolute atomic E-state index is 0.0490. The van der Waals surface area contributed by atoms with Gasteiger partial charge in [0.05, 0.1) is 17.5 Å². The number of hydrogen-bond acceptors (Lipinski definition) is 3. The third-order valence-electron chi connectivity index (χ3n) is 5.52. The van der Waals surface area contributed by atoms with Gasteiger partial charge in [0.15, 0.2) is 11.6 Å². The SMILES string of the molecule is CC(C)Oc1cc(NC2C3C4CCC(C4)C23)c(N)cc1F. The van der Waals surface area contributed by atoms with Gasteiger partial charge in [0.1, 0.15) is 0 Å². The topological polar surface area (TPSA) is 47.3 Å². The average Bonchev–Trinajstić information content (AvgIpc) is 2.80. The highest BCUT2D eigenvalue weighted by Crippen LogP contribution is 2.66. The lowest BCUT2D eigenvalue weighted by atomic mass is 10.0. The Labute approximate surface area is 125 Å². The van der Waals surface area contributed by atoms with E-state index in [2.05, 4.69) is 5.32 Å². The molecule has 4 heteroatoms. The second-order valence-electron chi connectivity index (χ2n) is 7.19. The van der Waals surface area contributed by atoms with Crippen LogP contribution in [-0.2, 0) is 0 Å². The van der Waals surface area contributed by atoms with Gasteiger partial charge in [-0.2, -0.15) is 0 Å². The Hall–Kier alpha value is -1.45. The second-order valence-corrected chi connectivity index (χ2v) is 7.19. The summed E-state index contributed by atoms with van der Waals surface area (Å²) in [6, 6.07) is 3.63. The summed E-state index contributed by atoms with van der Waals surface area (Å²) in [4.78, 5) is 0. The molecule has 21 heavy (non-hydrogen) atoms. The van der Waals surface area contributed by atoms with Crippen LogP contribution in [-0.4, -0.2) is 12.1 Å². The Morgan fingerprint density at radius 2 is 1.90 bits per heavy atom. The smallest absolute Gasteiger partial charge is 0.167 e. The lowest BCUT2D eigenvalue weighted by molar-refractivity contribution is 0.231. The van der Waals surface area contributed by atoms with Crippen molar-refractivity contribution in [1.82, 2.24) is 0 Å². The molecule has 0 radical (unpaired) electrons. The van der Waals surface area contributed by atoms with Gasteiger partial charge in [-0.1, -0.05) is 0 Å². The van der Waals surface area contributed by atoms with E-state index in [-0.39, 0.29) is 17.7 Å². The van der Waals surface area contributed by atoms with Gasteiger partial charge in [0, 0.05) is 18.2 Å². The molecule has 0 aromatic heterocycles. The molecule has 4 atom stereocenters. The Balaban J connectivity index is 1.53. The highest BCUT2D eigenvalue weighted by atomic mass is 19.1. The first-order chi connectivity index (χ1) is 10.0. The quantitative estimate of drug-likeness (QED) is 0.832. The average molecular weight is 290 g/mol. The number of rotatable bonds is 4. The van der Waals surface area contributed by atoms with Gasteiger partial charge < -0.3 is 15.8 Å². The van der Waals surface area contributed by atoms with Gasteiger partial charge in [-0.15, -0.1) is 0 Å². The minimum Gasteiger partial charge on any atom is -0.488 e. The summed E-state index contributed by atoms with van der Waals surface area (Å²) in [5.74, 6) is 3.36. The summed E-state index contributed by atoms with van der Waals surface area (Å²) >= 11 is 0. The number of fused-ring (bicyclic) bond motifs is 5. The molecule has 0 saturated heterocycles. The van der Waals surface area contributed by atoms with Crippen molar-refractivity contribution in [2.75, 3.05) is 11.1 Å². The summed E-state index contributed by atoms with van der Waals surface area (Å²) < 4.78 is 19.4. The van der Waals surface area contributed by atoms with Crippen molar-refractivity contribution >= 4 is 11.4 Å². The highest BCUT2D eigenvalue weighted by Gasteiger charge is 2.65. The van der Waals surface area contributed by atoms with Crippen LogP contribution in [0.15, 0.2) is 12.1 Å². The number of halogens is 1. The van der Waals surface area contributed by atoms with E-state index in [0.717, 1.165) is 29.4 Å². The maximum atomic E-state index is 13.9. The number of hydrogen-bond donors (Lipinski definition) is 2. The third-order valence-corrected chi connectivity index (χ3v) is 5.52. The van der Waals surface area contributed by atoms with Gasteiger partial charge in [-0.05, 0) is 56.8 Å². The summed E-state index contributed by atoms with van der Waals surface area (Å²) in [6.07, 6.45) is 4.16. The molecule has 3 saturated carbocycles. The van der Waals surface area contributed by atoms with Gasteiger partial charge >= 0.3 is 0 Å². The van der Waals surface area contributed by atoms with E-state index in [1.807, 2.05) is 13.8 Å². The van der Waals surface area contributed by atoms with E-state index in [1.54, 1.807) is 6.07 Å². The van der Waals surface area contributed by atoms with E-state index in [1.165, 1.54) is 25.3 Å². The number of anilines is 2. The van der Waals surface area contributed by atoms with Crippen molar-refractivity contribution in [3.05, 3.63) is 17.9 Å². The molecule has 0 heterocycles. The molecule has 2 bridgehead atoms. The molecular weight excluding hydrogens is 267 g/mol. The number of nitrogens with one attached hydrogen (secondary N) is 1. The van der Waals surface area contributed by atoms with Gasteiger partial charge in [0.2, 0.25) is 0 Å². The van der Waals surface area contributed by atoms with Crippen molar-refractivity contribution in [3.63, 3.8) is 0 Å². The van der Waals surface area contributed by atoms with Crippen LogP contribution in [0.3, 0.4) is 0 Å². The molecule has 3 nitrogen and oxygen atoms in total. The first-order valence-electron chi connectivity index (χ1n) is 8.07. The van der Waals surface area contributed by atoms with Gasteiger partial charge in [-0.3, -0.25) is 0 Å². The molecule has 3 fully saturated rings.